The maximum Gasteiger partial charge on any atom is 0.302 e. The Morgan fingerprint density at radius 3 is 2.44 bits per heavy atom. The molecule has 150 valence electrons. The molecule has 4 unspecified atom stereocenters. The standard InChI is InChI=1S/C23H34O4/c1-13(24)23-20(27-23)12-19-17-6-5-15-11-16(26-14(2)25)7-9-21(15,3)18(17)8-10-22(19,23)4/h15-20H,5-12H2,1-4H3/t15-,16?,17?,18?,19?,20+,21-,22-,23+/m0/s1. The Morgan fingerprint density at radius 1 is 0.963 bits per heavy atom. The molecule has 1 heterocycles. The van der Waals surface area contributed by atoms with Crippen LogP contribution in [-0.4, -0.2) is 29.6 Å². The normalized spacial score (nSPS) is 55.6. The van der Waals surface area contributed by atoms with Crippen molar-refractivity contribution in [2.45, 2.75) is 96.9 Å². The Bertz CT molecular complexity index is 688. The first-order valence-corrected chi connectivity index (χ1v) is 11.1. The van der Waals surface area contributed by atoms with Gasteiger partial charge in [0.05, 0.1) is 6.10 Å². The Balaban J connectivity index is 1.39. The molecule has 5 fully saturated rings. The number of hydrogen-bond acceptors (Lipinski definition) is 4. The van der Waals surface area contributed by atoms with E-state index in [1.807, 2.05) is 0 Å². The van der Waals surface area contributed by atoms with Crippen molar-refractivity contribution in [2.24, 2.45) is 34.5 Å². The molecule has 0 bridgehead atoms. The number of epoxide rings is 1. The summed E-state index contributed by atoms with van der Waals surface area (Å²) >= 11 is 0. The van der Waals surface area contributed by atoms with Gasteiger partial charge in [0.15, 0.2) is 11.4 Å². The highest BCUT2D eigenvalue weighted by Gasteiger charge is 2.79. The third-order valence-corrected chi connectivity index (χ3v) is 9.90. The first-order chi connectivity index (χ1) is 12.7. The summed E-state index contributed by atoms with van der Waals surface area (Å²) < 4.78 is 11.6. The van der Waals surface area contributed by atoms with Crippen molar-refractivity contribution < 1.29 is 19.1 Å². The van der Waals surface area contributed by atoms with E-state index < -0.39 is 5.60 Å². The molecule has 1 saturated heterocycles. The highest BCUT2D eigenvalue weighted by Crippen LogP contribution is 2.73. The Morgan fingerprint density at radius 2 is 1.74 bits per heavy atom. The van der Waals surface area contributed by atoms with Crippen LogP contribution in [0.4, 0.5) is 0 Å². The average molecular weight is 375 g/mol. The lowest BCUT2D eigenvalue weighted by Gasteiger charge is -2.61. The highest BCUT2D eigenvalue weighted by molar-refractivity contribution is 5.90. The third-order valence-electron chi connectivity index (χ3n) is 9.90. The maximum absolute atomic E-state index is 12.5. The number of hydrogen-bond donors (Lipinski definition) is 0. The van der Waals surface area contributed by atoms with Gasteiger partial charge in [0, 0.05) is 12.3 Å². The number of carbonyl (C=O) groups is 2. The van der Waals surface area contributed by atoms with Gasteiger partial charge in [0.25, 0.3) is 0 Å². The van der Waals surface area contributed by atoms with Crippen LogP contribution in [0.3, 0.4) is 0 Å². The molecule has 0 radical (unpaired) electrons. The molecule has 5 aliphatic rings. The van der Waals surface area contributed by atoms with Crippen LogP contribution >= 0.6 is 0 Å². The van der Waals surface area contributed by atoms with Crippen LogP contribution in [0.1, 0.15) is 79.1 Å². The molecule has 0 N–H and O–H groups in total. The lowest BCUT2D eigenvalue weighted by molar-refractivity contribution is -0.165. The van der Waals surface area contributed by atoms with E-state index in [1.165, 1.54) is 32.6 Å². The van der Waals surface area contributed by atoms with Crippen molar-refractivity contribution >= 4 is 11.8 Å². The summed E-state index contributed by atoms with van der Waals surface area (Å²) in [5.41, 5.74) is -0.0336. The smallest absolute Gasteiger partial charge is 0.302 e. The fourth-order valence-corrected chi connectivity index (χ4v) is 8.63. The summed E-state index contributed by atoms with van der Waals surface area (Å²) in [5.74, 6) is 2.94. The maximum atomic E-state index is 12.5. The third kappa shape index (κ3) is 2.20. The van der Waals surface area contributed by atoms with Crippen molar-refractivity contribution in [3.8, 4) is 0 Å². The van der Waals surface area contributed by atoms with Gasteiger partial charge in [-0.1, -0.05) is 13.8 Å². The van der Waals surface area contributed by atoms with Crippen LogP contribution in [0.2, 0.25) is 0 Å². The van der Waals surface area contributed by atoms with Gasteiger partial charge in [-0.2, -0.15) is 0 Å². The van der Waals surface area contributed by atoms with Gasteiger partial charge in [-0.15, -0.1) is 0 Å². The number of esters is 1. The summed E-state index contributed by atoms with van der Waals surface area (Å²) in [7, 11) is 0. The summed E-state index contributed by atoms with van der Waals surface area (Å²) in [4.78, 5) is 23.9. The van der Waals surface area contributed by atoms with E-state index in [4.69, 9.17) is 9.47 Å². The first-order valence-electron chi connectivity index (χ1n) is 11.1. The van der Waals surface area contributed by atoms with Crippen LogP contribution in [0.15, 0.2) is 0 Å². The second kappa shape index (κ2) is 5.58. The molecule has 5 rings (SSSR count). The van der Waals surface area contributed by atoms with Gasteiger partial charge >= 0.3 is 5.97 Å². The molecule has 0 spiro atoms. The van der Waals surface area contributed by atoms with Gasteiger partial charge in [-0.3, -0.25) is 9.59 Å². The number of Topliss-reactive ketones (excluding diaryl/α,β-unsaturated/α-hetero) is 1. The van der Waals surface area contributed by atoms with Gasteiger partial charge < -0.3 is 9.47 Å². The number of rotatable bonds is 2. The van der Waals surface area contributed by atoms with Crippen LogP contribution in [-0.2, 0) is 19.1 Å². The van der Waals surface area contributed by atoms with E-state index in [0.717, 1.165) is 37.5 Å². The molecule has 1 aliphatic heterocycles. The average Bonchev–Trinajstić information content (AvgIpc) is 3.27. The quantitative estimate of drug-likeness (QED) is 0.534. The molecular formula is C23H34O4. The molecule has 4 saturated carbocycles. The van der Waals surface area contributed by atoms with E-state index in [-0.39, 0.29) is 29.4 Å². The minimum atomic E-state index is -0.451. The van der Waals surface area contributed by atoms with Crippen molar-refractivity contribution in [1.82, 2.24) is 0 Å². The van der Waals surface area contributed by atoms with Crippen molar-refractivity contribution in [3.63, 3.8) is 0 Å². The number of fused-ring (bicyclic) bond motifs is 7. The summed E-state index contributed by atoms with van der Waals surface area (Å²) in [5, 5.41) is 0. The molecule has 0 amide bonds. The fraction of sp³-hybridized carbons (Fsp3) is 0.913. The topological polar surface area (TPSA) is 55.9 Å². The van der Waals surface area contributed by atoms with Gasteiger partial charge in [-0.05, 0) is 87.4 Å². The molecule has 4 nitrogen and oxygen atoms in total. The van der Waals surface area contributed by atoms with E-state index in [0.29, 0.717) is 17.3 Å². The Labute approximate surface area is 162 Å². The van der Waals surface area contributed by atoms with Crippen LogP contribution < -0.4 is 0 Å². The lowest BCUT2D eigenvalue weighted by atomic mass is 9.44. The zero-order valence-electron chi connectivity index (χ0n) is 17.3. The van der Waals surface area contributed by atoms with Crippen molar-refractivity contribution in [3.05, 3.63) is 0 Å². The van der Waals surface area contributed by atoms with Crippen molar-refractivity contribution in [1.29, 1.82) is 0 Å². The van der Waals surface area contributed by atoms with Gasteiger partial charge in [0.1, 0.15) is 6.10 Å². The molecule has 0 aromatic heterocycles. The number of ketones is 1. The molecule has 9 atom stereocenters. The van der Waals surface area contributed by atoms with Crippen molar-refractivity contribution in [2.75, 3.05) is 0 Å². The molecule has 0 aromatic rings. The van der Waals surface area contributed by atoms with E-state index >= 15 is 0 Å². The number of ether oxygens (including phenoxy) is 2. The first kappa shape index (κ1) is 18.1. The molecule has 4 heteroatoms. The molecular weight excluding hydrogens is 340 g/mol. The summed E-state index contributed by atoms with van der Waals surface area (Å²) in [6.45, 7) is 8.15. The second-order valence-electron chi connectivity index (χ2n) is 10.8. The SMILES string of the molecule is CC(=O)OC1CC[C@]2(C)C3CC[C@@]4(C)C(C[C@H]5O[C@]54C(C)=O)C3CC[C@H]2C1. The second-order valence-corrected chi connectivity index (χ2v) is 10.8. The van der Waals surface area contributed by atoms with E-state index in [1.54, 1.807) is 6.92 Å². The predicted octanol–water partition coefficient (Wildman–Crippen LogP) is 4.30. The van der Waals surface area contributed by atoms with Crippen LogP contribution in [0, 0.1) is 34.5 Å². The molecule has 4 aliphatic carbocycles. The van der Waals surface area contributed by atoms with E-state index in [2.05, 4.69) is 13.8 Å². The Kier molecular flexibility index (Phi) is 3.75. The van der Waals surface area contributed by atoms with Crippen LogP contribution in [0.5, 0.6) is 0 Å². The minimum Gasteiger partial charge on any atom is -0.463 e. The number of carbonyl (C=O) groups excluding carboxylic acids is 2. The highest BCUT2D eigenvalue weighted by atomic mass is 16.6. The van der Waals surface area contributed by atoms with Crippen LogP contribution in [0.25, 0.3) is 0 Å². The minimum absolute atomic E-state index is 0.0445. The predicted molar refractivity (Wildman–Crippen MR) is 101 cm³/mol. The lowest BCUT2D eigenvalue weighted by Crippen LogP contribution is -2.56. The summed E-state index contributed by atoms with van der Waals surface area (Å²) in [6, 6.07) is 0. The Hall–Kier alpha value is -0.900. The summed E-state index contributed by atoms with van der Waals surface area (Å²) in [6.07, 6.45) is 9.53. The monoisotopic (exact) mass is 374 g/mol. The molecule has 0 aromatic carbocycles. The zero-order valence-corrected chi connectivity index (χ0v) is 17.3. The molecule has 27 heavy (non-hydrogen) atoms. The van der Waals surface area contributed by atoms with E-state index in [9.17, 15) is 9.59 Å². The fourth-order valence-electron chi connectivity index (χ4n) is 8.63. The largest absolute Gasteiger partial charge is 0.463 e. The zero-order chi connectivity index (χ0) is 19.2. The van der Waals surface area contributed by atoms with Gasteiger partial charge in [0.2, 0.25) is 0 Å². The van der Waals surface area contributed by atoms with Gasteiger partial charge in [-0.25, -0.2) is 0 Å².